The number of anilines is 1. The van der Waals surface area contributed by atoms with E-state index in [1.54, 1.807) is 31.9 Å². The number of hydrogen-bond acceptors (Lipinski definition) is 7. The number of nitrogens with one attached hydrogen (secondary N) is 1. The normalized spacial score (nSPS) is 14.0. The molecule has 0 atom stereocenters. The minimum absolute atomic E-state index is 0.168. The second-order valence-electron chi connectivity index (χ2n) is 7.25. The van der Waals surface area contributed by atoms with Crippen LogP contribution >= 0.6 is 11.3 Å². The van der Waals surface area contributed by atoms with Gasteiger partial charge in [0.05, 0.1) is 26.0 Å². The first-order valence-electron chi connectivity index (χ1n) is 10.6. The summed E-state index contributed by atoms with van der Waals surface area (Å²) in [5.74, 6) is -0.151. The fourth-order valence-corrected chi connectivity index (χ4v) is 4.52. The fourth-order valence-electron chi connectivity index (χ4n) is 3.50. The summed E-state index contributed by atoms with van der Waals surface area (Å²) in [7, 11) is 1.60. The second kappa shape index (κ2) is 11.0. The molecule has 0 aliphatic carbocycles. The molecule has 1 aromatic heterocycles. The first-order chi connectivity index (χ1) is 15.5. The maximum atomic E-state index is 12.9. The van der Waals surface area contributed by atoms with E-state index in [2.05, 4.69) is 5.32 Å². The molecule has 2 aromatic rings. The van der Waals surface area contributed by atoms with Crippen LogP contribution in [0.25, 0.3) is 10.4 Å². The predicted molar refractivity (Wildman–Crippen MR) is 122 cm³/mol. The number of thiophene rings is 1. The van der Waals surface area contributed by atoms with Crippen LogP contribution in [0.1, 0.15) is 36.4 Å². The van der Waals surface area contributed by atoms with Gasteiger partial charge in [0.1, 0.15) is 10.6 Å². The molecule has 1 aromatic carbocycles. The number of carbonyl (C=O) groups excluding carboxylic acids is 3. The van der Waals surface area contributed by atoms with E-state index in [-0.39, 0.29) is 24.5 Å². The lowest BCUT2D eigenvalue weighted by Gasteiger charge is -2.30. The van der Waals surface area contributed by atoms with Gasteiger partial charge in [-0.25, -0.2) is 9.59 Å². The highest BCUT2D eigenvalue weighted by Gasteiger charge is 2.29. The summed E-state index contributed by atoms with van der Waals surface area (Å²) in [5.41, 5.74) is 1.35. The van der Waals surface area contributed by atoms with Gasteiger partial charge in [-0.2, -0.15) is 0 Å². The minimum Gasteiger partial charge on any atom is -0.497 e. The van der Waals surface area contributed by atoms with Gasteiger partial charge >= 0.3 is 12.1 Å². The van der Waals surface area contributed by atoms with Crippen molar-refractivity contribution in [3.63, 3.8) is 0 Å². The Morgan fingerprint density at radius 2 is 1.72 bits per heavy atom. The SMILES string of the molecule is CCOC(=O)c1sc(-c2ccc(OC)cc2)cc1NC(=O)C1CCN(C(=O)OCC)CC1. The van der Waals surface area contributed by atoms with Crippen molar-refractivity contribution >= 4 is 35.0 Å². The number of nitrogens with zero attached hydrogens (tertiary/aromatic N) is 1. The predicted octanol–water partition coefficient (Wildman–Crippen LogP) is 4.41. The Morgan fingerprint density at radius 3 is 2.31 bits per heavy atom. The van der Waals surface area contributed by atoms with Crippen LogP contribution in [-0.4, -0.2) is 56.3 Å². The first kappa shape index (κ1) is 23.6. The molecule has 0 saturated carbocycles. The number of amides is 2. The van der Waals surface area contributed by atoms with Gasteiger partial charge in [0.25, 0.3) is 0 Å². The summed E-state index contributed by atoms with van der Waals surface area (Å²) < 4.78 is 15.4. The quantitative estimate of drug-likeness (QED) is 0.615. The second-order valence-corrected chi connectivity index (χ2v) is 8.30. The number of hydrogen-bond donors (Lipinski definition) is 1. The Kier molecular flexibility index (Phi) is 8.10. The highest BCUT2D eigenvalue weighted by atomic mass is 32.1. The molecule has 3 rings (SSSR count). The Bertz CT molecular complexity index is 948. The molecule has 1 aliphatic heterocycles. The fraction of sp³-hybridized carbons (Fsp3) is 0.435. The van der Waals surface area contributed by atoms with Gasteiger partial charge in [-0.3, -0.25) is 4.79 Å². The van der Waals surface area contributed by atoms with E-state index in [4.69, 9.17) is 14.2 Å². The van der Waals surface area contributed by atoms with Crippen molar-refractivity contribution in [2.45, 2.75) is 26.7 Å². The number of likely N-dealkylation sites (tertiary alicyclic amines) is 1. The van der Waals surface area contributed by atoms with Crippen LogP contribution in [0.4, 0.5) is 10.5 Å². The van der Waals surface area contributed by atoms with Crippen molar-refractivity contribution in [2.75, 3.05) is 38.7 Å². The summed E-state index contributed by atoms with van der Waals surface area (Å²) in [6.45, 7) is 5.00. The largest absolute Gasteiger partial charge is 0.497 e. The van der Waals surface area contributed by atoms with Crippen LogP contribution in [0.2, 0.25) is 0 Å². The topological polar surface area (TPSA) is 94.2 Å². The van der Waals surface area contributed by atoms with Gasteiger partial charge in [0.15, 0.2) is 0 Å². The summed E-state index contributed by atoms with van der Waals surface area (Å²) >= 11 is 1.27. The molecule has 9 heteroatoms. The number of ether oxygens (including phenoxy) is 3. The molecule has 0 spiro atoms. The maximum Gasteiger partial charge on any atom is 0.409 e. The van der Waals surface area contributed by atoms with E-state index in [0.29, 0.717) is 43.1 Å². The van der Waals surface area contributed by atoms with Crippen molar-refractivity contribution in [2.24, 2.45) is 5.92 Å². The third-order valence-corrected chi connectivity index (χ3v) is 6.38. The number of carbonyl (C=O) groups is 3. The lowest BCUT2D eigenvalue weighted by Crippen LogP contribution is -2.41. The minimum atomic E-state index is -0.468. The van der Waals surface area contributed by atoms with Crippen LogP contribution in [0.5, 0.6) is 5.75 Å². The molecule has 2 heterocycles. The number of rotatable bonds is 7. The molecule has 2 amide bonds. The molecule has 1 fully saturated rings. The molecule has 1 aliphatic rings. The van der Waals surface area contributed by atoms with Crippen molar-refractivity contribution in [1.82, 2.24) is 4.90 Å². The Morgan fingerprint density at radius 1 is 1.06 bits per heavy atom. The van der Waals surface area contributed by atoms with Crippen molar-refractivity contribution in [3.05, 3.63) is 35.2 Å². The number of piperidine rings is 1. The van der Waals surface area contributed by atoms with Gasteiger partial charge in [0, 0.05) is 23.9 Å². The summed E-state index contributed by atoms with van der Waals surface area (Å²) in [5, 5.41) is 2.91. The molecule has 1 saturated heterocycles. The molecule has 32 heavy (non-hydrogen) atoms. The van der Waals surface area contributed by atoms with Crippen LogP contribution < -0.4 is 10.1 Å². The first-order valence-corrected chi connectivity index (χ1v) is 11.5. The van der Waals surface area contributed by atoms with Crippen LogP contribution in [0.3, 0.4) is 0 Å². The third-order valence-electron chi connectivity index (χ3n) is 5.22. The van der Waals surface area contributed by atoms with E-state index in [1.165, 1.54) is 11.3 Å². The van der Waals surface area contributed by atoms with Crippen LogP contribution in [0.15, 0.2) is 30.3 Å². The smallest absolute Gasteiger partial charge is 0.409 e. The van der Waals surface area contributed by atoms with Crippen molar-refractivity contribution in [3.8, 4) is 16.2 Å². The van der Waals surface area contributed by atoms with Gasteiger partial charge in [-0.05, 0) is 62.6 Å². The van der Waals surface area contributed by atoms with E-state index in [1.807, 2.05) is 24.3 Å². The standard InChI is InChI=1S/C23H28N2O6S/c1-4-30-22(27)20-18(14-19(32-20)15-6-8-17(29-3)9-7-15)24-21(26)16-10-12-25(13-11-16)23(28)31-5-2/h6-9,14,16H,4-5,10-13H2,1-3H3,(H,24,26). The molecule has 8 nitrogen and oxygen atoms in total. The van der Waals surface area contributed by atoms with Crippen molar-refractivity contribution in [1.29, 1.82) is 0 Å². The average Bonchev–Trinajstić information content (AvgIpc) is 3.23. The molecular formula is C23H28N2O6S. The average molecular weight is 461 g/mol. The zero-order valence-corrected chi connectivity index (χ0v) is 19.3. The Labute approximate surface area is 191 Å². The molecule has 0 unspecified atom stereocenters. The van der Waals surface area contributed by atoms with Crippen LogP contribution in [0, 0.1) is 5.92 Å². The van der Waals surface area contributed by atoms with Gasteiger partial charge in [0.2, 0.25) is 5.91 Å². The number of esters is 1. The van der Waals surface area contributed by atoms with Gasteiger partial charge < -0.3 is 24.4 Å². The zero-order valence-electron chi connectivity index (χ0n) is 18.5. The van der Waals surface area contributed by atoms with Gasteiger partial charge in [-0.1, -0.05) is 0 Å². The van der Waals surface area contributed by atoms with E-state index < -0.39 is 5.97 Å². The van der Waals surface area contributed by atoms with Gasteiger partial charge in [-0.15, -0.1) is 11.3 Å². The summed E-state index contributed by atoms with van der Waals surface area (Å²) in [6, 6.07) is 9.28. The molecule has 172 valence electrons. The van der Waals surface area contributed by atoms with E-state index in [9.17, 15) is 14.4 Å². The van der Waals surface area contributed by atoms with E-state index in [0.717, 1.165) is 16.2 Å². The third kappa shape index (κ3) is 5.59. The number of methoxy groups -OCH3 is 1. The monoisotopic (exact) mass is 460 g/mol. The zero-order chi connectivity index (χ0) is 23.1. The molecule has 0 bridgehead atoms. The molecular weight excluding hydrogens is 432 g/mol. The van der Waals surface area contributed by atoms with Crippen LogP contribution in [-0.2, 0) is 14.3 Å². The van der Waals surface area contributed by atoms with Crippen molar-refractivity contribution < 1.29 is 28.6 Å². The lowest BCUT2D eigenvalue weighted by atomic mass is 9.96. The lowest BCUT2D eigenvalue weighted by molar-refractivity contribution is -0.121. The van der Waals surface area contributed by atoms with E-state index >= 15 is 0 Å². The Hall–Kier alpha value is -3.07. The molecule has 1 N–H and O–H groups in total. The maximum absolute atomic E-state index is 12.9. The summed E-state index contributed by atoms with van der Waals surface area (Å²) in [6.07, 6.45) is 0.724. The Balaban J connectivity index is 1.74. The highest BCUT2D eigenvalue weighted by Crippen LogP contribution is 2.36. The number of benzene rings is 1. The highest BCUT2D eigenvalue weighted by molar-refractivity contribution is 7.18. The molecule has 0 radical (unpaired) electrons. The summed E-state index contributed by atoms with van der Waals surface area (Å²) in [4.78, 5) is 40.1.